The molecule has 1 amide bonds. The van der Waals surface area contributed by atoms with E-state index >= 15 is 0 Å². The molecule has 0 unspecified atom stereocenters. The highest BCUT2D eigenvalue weighted by Gasteiger charge is 2.72. The first-order valence-corrected chi connectivity index (χ1v) is 12.1. The van der Waals surface area contributed by atoms with Crippen LogP contribution in [0, 0.1) is 5.41 Å². The maximum absolute atomic E-state index is 11.4. The minimum atomic E-state index is -0.534. The van der Waals surface area contributed by atoms with Crippen LogP contribution < -0.4 is 10.2 Å². The molecular weight excluding hydrogens is 402 g/mol. The van der Waals surface area contributed by atoms with Crippen molar-refractivity contribution in [1.29, 1.82) is 0 Å². The average Bonchev–Trinajstić information content (AvgIpc) is 2.82. The van der Waals surface area contributed by atoms with Gasteiger partial charge in [-0.1, -0.05) is 20.3 Å². The summed E-state index contributed by atoms with van der Waals surface area (Å²) >= 11 is 0. The number of carbonyl (C=O) groups is 1. The van der Waals surface area contributed by atoms with Gasteiger partial charge in [0, 0.05) is 41.8 Å². The summed E-state index contributed by atoms with van der Waals surface area (Å²) in [5.74, 6) is 0.493. The third-order valence-electron chi connectivity index (χ3n) is 8.76. The second kappa shape index (κ2) is 7.96. The SMILES string of the molecule is CCC[C@]12CC[C@@]1(C)[C@H](C)N2C1CCN(c2cnc3cc(NC(=O)CO)ccc3n2)CC1. The number of hydrogen-bond acceptors (Lipinski definition) is 6. The normalized spacial score (nSPS) is 30.5. The Morgan fingerprint density at radius 1 is 1.25 bits per heavy atom. The van der Waals surface area contributed by atoms with E-state index in [1.807, 2.05) is 12.3 Å². The summed E-state index contributed by atoms with van der Waals surface area (Å²) in [4.78, 5) is 26.1. The largest absolute Gasteiger partial charge is 0.387 e. The summed E-state index contributed by atoms with van der Waals surface area (Å²) in [5.41, 5.74) is 3.15. The Balaban J connectivity index is 1.26. The van der Waals surface area contributed by atoms with Crippen LogP contribution >= 0.6 is 0 Å². The van der Waals surface area contributed by atoms with Gasteiger partial charge in [0.15, 0.2) is 0 Å². The van der Waals surface area contributed by atoms with Crippen molar-refractivity contribution >= 4 is 28.4 Å². The Hall–Kier alpha value is -2.25. The van der Waals surface area contributed by atoms with E-state index in [1.54, 1.807) is 12.1 Å². The molecule has 2 N–H and O–H groups in total. The number of nitrogens with one attached hydrogen (secondary N) is 1. The van der Waals surface area contributed by atoms with Crippen LogP contribution in [-0.2, 0) is 4.79 Å². The molecule has 0 bridgehead atoms. The number of aromatic nitrogens is 2. The van der Waals surface area contributed by atoms with Crippen molar-refractivity contribution in [3.8, 4) is 0 Å². The van der Waals surface area contributed by atoms with Gasteiger partial charge in [-0.05, 0) is 57.2 Å². The van der Waals surface area contributed by atoms with Crippen molar-refractivity contribution < 1.29 is 9.90 Å². The van der Waals surface area contributed by atoms with Gasteiger partial charge >= 0.3 is 0 Å². The summed E-state index contributed by atoms with van der Waals surface area (Å²) in [6.45, 7) is 8.79. The maximum Gasteiger partial charge on any atom is 0.250 e. The van der Waals surface area contributed by atoms with Crippen molar-refractivity contribution in [2.45, 2.75) is 76.9 Å². The van der Waals surface area contributed by atoms with Crippen LogP contribution in [0.25, 0.3) is 11.0 Å². The lowest BCUT2D eigenvalue weighted by atomic mass is 9.43. The maximum atomic E-state index is 11.4. The average molecular weight is 438 g/mol. The van der Waals surface area contributed by atoms with E-state index in [0.29, 0.717) is 28.7 Å². The van der Waals surface area contributed by atoms with Gasteiger partial charge < -0.3 is 15.3 Å². The fourth-order valence-electron chi connectivity index (χ4n) is 6.86. The van der Waals surface area contributed by atoms with Crippen LogP contribution in [0.4, 0.5) is 11.5 Å². The van der Waals surface area contributed by atoms with Gasteiger partial charge in [-0.2, -0.15) is 0 Å². The Morgan fingerprint density at radius 2 is 2.03 bits per heavy atom. The third-order valence-corrected chi connectivity index (χ3v) is 8.76. The quantitative estimate of drug-likeness (QED) is 0.719. The molecule has 7 heteroatoms. The van der Waals surface area contributed by atoms with Crippen molar-refractivity contribution in [2.75, 3.05) is 29.9 Å². The molecule has 2 saturated heterocycles. The van der Waals surface area contributed by atoms with Gasteiger partial charge in [0.2, 0.25) is 5.91 Å². The number of aliphatic hydroxyl groups excluding tert-OH is 1. The van der Waals surface area contributed by atoms with Gasteiger partial charge in [-0.25, -0.2) is 4.98 Å². The number of likely N-dealkylation sites (tertiary alicyclic amines) is 1. The fraction of sp³-hybridized carbons (Fsp3) is 0.640. The highest BCUT2D eigenvalue weighted by Crippen LogP contribution is 2.68. The van der Waals surface area contributed by atoms with E-state index in [2.05, 4.69) is 40.9 Å². The molecule has 3 aliphatic rings. The van der Waals surface area contributed by atoms with Crippen LogP contribution in [0.1, 0.15) is 59.3 Å². The summed E-state index contributed by atoms with van der Waals surface area (Å²) in [5, 5.41) is 11.6. The van der Waals surface area contributed by atoms with E-state index in [-0.39, 0.29) is 0 Å². The van der Waals surface area contributed by atoms with Gasteiger partial charge in [-0.15, -0.1) is 0 Å². The molecule has 2 aliphatic heterocycles. The summed E-state index contributed by atoms with van der Waals surface area (Å²) in [6, 6.07) is 6.83. The minimum Gasteiger partial charge on any atom is -0.387 e. The number of amides is 1. The van der Waals surface area contributed by atoms with Crippen LogP contribution in [0.15, 0.2) is 24.4 Å². The van der Waals surface area contributed by atoms with Crippen LogP contribution in [0.5, 0.6) is 0 Å². The van der Waals surface area contributed by atoms with Gasteiger partial charge in [-0.3, -0.25) is 14.7 Å². The highest BCUT2D eigenvalue weighted by atomic mass is 16.3. The number of benzene rings is 1. The molecule has 172 valence electrons. The van der Waals surface area contributed by atoms with Crippen LogP contribution in [-0.4, -0.2) is 63.2 Å². The van der Waals surface area contributed by atoms with Gasteiger partial charge in [0.05, 0.1) is 17.2 Å². The number of fused-ring (bicyclic) bond motifs is 2. The van der Waals surface area contributed by atoms with E-state index < -0.39 is 12.5 Å². The predicted octanol–water partition coefficient (Wildman–Crippen LogP) is 3.57. The topological polar surface area (TPSA) is 81.6 Å². The van der Waals surface area contributed by atoms with E-state index in [4.69, 9.17) is 10.1 Å². The van der Waals surface area contributed by atoms with E-state index in [9.17, 15) is 4.79 Å². The second-order valence-electron chi connectivity index (χ2n) is 10.1. The van der Waals surface area contributed by atoms with E-state index in [1.165, 1.54) is 38.5 Å². The second-order valence-corrected chi connectivity index (χ2v) is 10.1. The zero-order chi connectivity index (χ0) is 22.5. The molecular formula is C25H35N5O2. The summed E-state index contributed by atoms with van der Waals surface area (Å²) in [6.07, 6.45) is 9.57. The lowest BCUT2D eigenvalue weighted by Gasteiger charge is -2.79. The molecule has 0 spiro atoms. The lowest BCUT2D eigenvalue weighted by Crippen LogP contribution is -2.85. The number of nitrogens with zero attached hydrogens (tertiary/aromatic N) is 4. The van der Waals surface area contributed by atoms with Crippen molar-refractivity contribution in [3.63, 3.8) is 0 Å². The minimum absolute atomic E-state index is 0.434. The molecule has 5 rings (SSSR count). The monoisotopic (exact) mass is 437 g/mol. The van der Waals surface area contributed by atoms with Crippen LogP contribution in [0.2, 0.25) is 0 Å². The standard InChI is InChI=1S/C25H35N5O2/c1-4-9-25-11-10-24(25,3)17(2)30(25)19-7-12-29(13-8-19)22-15-26-21-14-18(27-23(32)16-31)5-6-20(21)28-22/h5-6,14-15,17,19,31H,4,7-13,16H2,1-3H3,(H,27,32)/t17-,24-,25-/m0/s1. The Labute approximate surface area is 190 Å². The van der Waals surface area contributed by atoms with Crippen molar-refractivity contribution in [2.24, 2.45) is 5.41 Å². The van der Waals surface area contributed by atoms with Crippen molar-refractivity contribution in [3.05, 3.63) is 24.4 Å². The molecule has 1 aromatic carbocycles. The molecule has 32 heavy (non-hydrogen) atoms. The highest BCUT2D eigenvalue weighted by molar-refractivity contribution is 5.93. The summed E-state index contributed by atoms with van der Waals surface area (Å²) < 4.78 is 0. The smallest absolute Gasteiger partial charge is 0.250 e. The molecule has 1 aromatic heterocycles. The van der Waals surface area contributed by atoms with Crippen LogP contribution in [0.3, 0.4) is 0 Å². The molecule has 0 radical (unpaired) electrons. The molecule has 3 fully saturated rings. The van der Waals surface area contributed by atoms with Crippen molar-refractivity contribution in [1.82, 2.24) is 14.9 Å². The number of rotatable bonds is 6. The molecule has 2 aromatic rings. The van der Waals surface area contributed by atoms with Gasteiger partial charge in [0.25, 0.3) is 0 Å². The fourth-order valence-corrected chi connectivity index (χ4v) is 6.86. The first-order valence-electron chi connectivity index (χ1n) is 12.1. The predicted molar refractivity (Wildman–Crippen MR) is 127 cm³/mol. The lowest BCUT2D eigenvalue weighted by molar-refractivity contribution is -0.286. The first-order chi connectivity index (χ1) is 15.4. The number of piperidine rings is 2. The zero-order valence-electron chi connectivity index (χ0n) is 19.5. The molecule has 3 atom stereocenters. The number of anilines is 2. The van der Waals surface area contributed by atoms with Gasteiger partial charge in [0.1, 0.15) is 12.4 Å². The molecule has 1 saturated carbocycles. The Bertz CT molecular complexity index is 1020. The zero-order valence-corrected chi connectivity index (χ0v) is 19.5. The number of aliphatic hydroxyl groups is 1. The molecule has 7 nitrogen and oxygen atoms in total. The Morgan fingerprint density at radius 3 is 2.69 bits per heavy atom. The molecule has 3 heterocycles. The van der Waals surface area contributed by atoms with E-state index in [0.717, 1.165) is 29.9 Å². The Kier molecular flexibility index (Phi) is 5.37. The third kappa shape index (κ3) is 3.12. The first kappa shape index (κ1) is 21.6. The number of carbonyl (C=O) groups excluding carboxylic acids is 1. The molecule has 1 aliphatic carbocycles. The number of hydrogen-bond donors (Lipinski definition) is 2. The summed E-state index contributed by atoms with van der Waals surface area (Å²) in [7, 11) is 0.